The van der Waals surface area contributed by atoms with Gasteiger partial charge in [-0.2, -0.15) is 0 Å². The average molecular weight is 463 g/mol. The van der Waals surface area contributed by atoms with Crippen LogP contribution in [0.3, 0.4) is 0 Å². The highest BCUT2D eigenvalue weighted by molar-refractivity contribution is 7.92. The van der Waals surface area contributed by atoms with Crippen molar-refractivity contribution in [3.63, 3.8) is 0 Å². The second kappa shape index (κ2) is 11.4. The SMILES string of the molecule is CCS(=O)(=O)Nc1ccc(NC(=O)C(NC(=O)NCc2ccccc2)C(C)C)cc1OC. The molecule has 1 unspecified atom stereocenters. The van der Waals surface area contributed by atoms with E-state index in [0.29, 0.717) is 12.2 Å². The van der Waals surface area contributed by atoms with Crippen molar-refractivity contribution in [3.05, 3.63) is 54.1 Å². The minimum absolute atomic E-state index is 0.0806. The first-order valence-electron chi connectivity index (χ1n) is 10.2. The fourth-order valence-corrected chi connectivity index (χ4v) is 3.47. The molecular weight excluding hydrogens is 432 g/mol. The molecular formula is C22H30N4O5S. The van der Waals surface area contributed by atoms with Gasteiger partial charge in [0.15, 0.2) is 0 Å². The van der Waals surface area contributed by atoms with Gasteiger partial charge in [-0.25, -0.2) is 13.2 Å². The van der Waals surface area contributed by atoms with Gasteiger partial charge in [-0.15, -0.1) is 0 Å². The van der Waals surface area contributed by atoms with E-state index in [9.17, 15) is 18.0 Å². The zero-order valence-electron chi connectivity index (χ0n) is 18.6. The van der Waals surface area contributed by atoms with E-state index in [4.69, 9.17) is 4.74 Å². The van der Waals surface area contributed by atoms with Gasteiger partial charge < -0.3 is 20.7 Å². The molecule has 2 rings (SSSR count). The molecule has 10 heteroatoms. The first-order valence-corrected chi connectivity index (χ1v) is 11.9. The standard InChI is InChI=1S/C22H30N4O5S/c1-5-32(29,30)26-18-12-11-17(13-19(18)31-4)24-21(27)20(15(2)3)25-22(28)23-14-16-9-7-6-8-10-16/h6-13,15,20,26H,5,14H2,1-4H3,(H,24,27)(H2,23,25,28). The number of rotatable bonds is 10. The molecule has 0 saturated heterocycles. The van der Waals surface area contributed by atoms with Gasteiger partial charge in [-0.3, -0.25) is 9.52 Å². The van der Waals surface area contributed by atoms with Crippen LogP contribution in [0.25, 0.3) is 0 Å². The summed E-state index contributed by atoms with van der Waals surface area (Å²) in [6.45, 7) is 5.51. The topological polar surface area (TPSA) is 126 Å². The Hall–Kier alpha value is -3.27. The Bertz CT molecular complexity index is 1030. The summed E-state index contributed by atoms with van der Waals surface area (Å²) >= 11 is 0. The fraction of sp³-hybridized carbons (Fsp3) is 0.364. The van der Waals surface area contributed by atoms with Crippen LogP contribution in [0, 0.1) is 5.92 Å². The number of nitrogens with one attached hydrogen (secondary N) is 4. The van der Waals surface area contributed by atoms with Crippen molar-refractivity contribution in [2.75, 3.05) is 22.9 Å². The number of benzene rings is 2. The molecule has 32 heavy (non-hydrogen) atoms. The highest BCUT2D eigenvalue weighted by Crippen LogP contribution is 2.29. The number of carbonyl (C=O) groups is 2. The summed E-state index contributed by atoms with van der Waals surface area (Å²) < 4.78 is 31.3. The molecule has 0 aromatic heterocycles. The van der Waals surface area contributed by atoms with E-state index in [1.807, 2.05) is 44.2 Å². The van der Waals surface area contributed by atoms with Crippen LogP contribution >= 0.6 is 0 Å². The zero-order valence-corrected chi connectivity index (χ0v) is 19.5. The van der Waals surface area contributed by atoms with Crippen LogP contribution in [-0.2, 0) is 21.4 Å². The lowest BCUT2D eigenvalue weighted by Gasteiger charge is -2.22. The number of anilines is 2. The maximum atomic E-state index is 12.8. The molecule has 2 aromatic carbocycles. The monoisotopic (exact) mass is 462 g/mol. The van der Waals surface area contributed by atoms with E-state index in [2.05, 4.69) is 20.7 Å². The van der Waals surface area contributed by atoms with Crippen molar-refractivity contribution in [2.24, 2.45) is 5.92 Å². The minimum atomic E-state index is -3.48. The maximum Gasteiger partial charge on any atom is 0.315 e. The molecule has 0 radical (unpaired) electrons. The molecule has 0 aliphatic heterocycles. The smallest absolute Gasteiger partial charge is 0.315 e. The molecule has 174 valence electrons. The third-order valence-corrected chi connectivity index (χ3v) is 5.94. The van der Waals surface area contributed by atoms with Crippen molar-refractivity contribution < 1.29 is 22.7 Å². The number of carbonyl (C=O) groups excluding carboxylic acids is 2. The van der Waals surface area contributed by atoms with Gasteiger partial charge in [0.05, 0.1) is 18.6 Å². The maximum absolute atomic E-state index is 12.8. The van der Waals surface area contributed by atoms with E-state index in [-0.39, 0.29) is 23.1 Å². The molecule has 0 aliphatic carbocycles. The summed E-state index contributed by atoms with van der Waals surface area (Å²) in [4.78, 5) is 25.1. The van der Waals surface area contributed by atoms with E-state index >= 15 is 0 Å². The minimum Gasteiger partial charge on any atom is -0.494 e. The van der Waals surface area contributed by atoms with Crippen LogP contribution in [0.4, 0.5) is 16.2 Å². The predicted molar refractivity (Wildman–Crippen MR) is 125 cm³/mol. The average Bonchev–Trinajstić information content (AvgIpc) is 2.77. The van der Waals surface area contributed by atoms with E-state index < -0.39 is 28.0 Å². The van der Waals surface area contributed by atoms with Gasteiger partial charge in [0.1, 0.15) is 11.8 Å². The second-order valence-electron chi connectivity index (χ2n) is 7.44. The van der Waals surface area contributed by atoms with Gasteiger partial charge >= 0.3 is 6.03 Å². The number of hydrogen-bond acceptors (Lipinski definition) is 5. The summed E-state index contributed by atoms with van der Waals surface area (Å²) in [7, 11) is -2.07. The first kappa shape index (κ1) is 25.0. The molecule has 0 fully saturated rings. The van der Waals surface area contributed by atoms with E-state index in [1.165, 1.54) is 26.2 Å². The summed E-state index contributed by atoms with van der Waals surface area (Å²) in [5.41, 5.74) is 1.62. The van der Waals surface area contributed by atoms with Gasteiger partial charge in [0, 0.05) is 18.3 Å². The molecule has 2 aromatic rings. The summed E-state index contributed by atoms with van der Waals surface area (Å²) in [6.07, 6.45) is 0. The van der Waals surface area contributed by atoms with Crippen LogP contribution < -0.4 is 25.4 Å². The lowest BCUT2D eigenvalue weighted by Crippen LogP contribution is -2.50. The third-order valence-electron chi connectivity index (χ3n) is 4.65. The van der Waals surface area contributed by atoms with Gasteiger partial charge in [0.25, 0.3) is 0 Å². The Labute approximate surface area is 189 Å². The molecule has 0 saturated carbocycles. The highest BCUT2D eigenvalue weighted by atomic mass is 32.2. The lowest BCUT2D eigenvalue weighted by atomic mass is 10.0. The molecule has 4 N–H and O–H groups in total. The Morgan fingerprint density at radius 3 is 2.34 bits per heavy atom. The van der Waals surface area contributed by atoms with Crippen molar-refractivity contribution in [2.45, 2.75) is 33.4 Å². The van der Waals surface area contributed by atoms with Crippen LogP contribution in [0.15, 0.2) is 48.5 Å². The summed E-state index contributed by atoms with van der Waals surface area (Å²) in [5.74, 6) is -0.397. The molecule has 0 heterocycles. The Kier molecular flexibility index (Phi) is 8.89. The van der Waals surface area contributed by atoms with Crippen LogP contribution in [0.2, 0.25) is 0 Å². The Morgan fingerprint density at radius 2 is 1.75 bits per heavy atom. The normalized spacial score (nSPS) is 12.0. The van der Waals surface area contributed by atoms with Crippen LogP contribution in [-0.4, -0.2) is 39.3 Å². The van der Waals surface area contributed by atoms with E-state index in [0.717, 1.165) is 5.56 Å². The molecule has 9 nitrogen and oxygen atoms in total. The molecule has 0 bridgehead atoms. The third kappa shape index (κ3) is 7.45. The van der Waals surface area contributed by atoms with Gasteiger partial charge in [-0.05, 0) is 30.5 Å². The van der Waals surface area contributed by atoms with Crippen molar-refractivity contribution >= 4 is 33.3 Å². The molecule has 3 amide bonds. The number of sulfonamides is 1. The van der Waals surface area contributed by atoms with Crippen molar-refractivity contribution in [1.29, 1.82) is 0 Å². The summed E-state index contributed by atoms with van der Waals surface area (Å²) in [5, 5.41) is 8.18. The number of hydrogen-bond donors (Lipinski definition) is 4. The van der Waals surface area contributed by atoms with Crippen LogP contribution in [0.1, 0.15) is 26.3 Å². The van der Waals surface area contributed by atoms with Crippen molar-refractivity contribution in [1.82, 2.24) is 10.6 Å². The van der Waals surface area contributed by atoms with Crippen LogP contribution in [0.5, 0.6) is 5.75 Å². The van der Waals surface area contributed by atoms with E-state index in [1.54, 1.807) is 6.07 Å². The second-order valence-corrected chi connectivity index (χ2v) is 9.46. The molecule has 0 aliphatic rings. The fourth-order valence-electron chi connectivity index (χ4n) is 2.82. The zero-order chi connectivity index (χ0) is 23.7. The molecule has 1 atom stereocenters. The number of methoxy groups -OCH3 is 1. The first-order chi connectivity index (χ1) is 15.1. The quantitative estimate of drug-likeness (QED) is 0.432. The Balaban J connectivity index is 2.04. The largest absolute Gasteiger partial charge is 0.494 e. The number of urea groups is 1. The highest BCUT2D eigenvalue weighted by Gasteiger charge is 2.24. The predicted octanol–water partition coefficient (Wildman–Crippen LogP) is 2.92. The molecule has 0 spiro atoms. The van der Waals surface area contributed by atoms with Crippen molar-refractivity contribution in [3.8, 4) is 5.75 Å². The Morgan fingerprint density at radius 1 is 1.06 bits per heavy atom. The number of ether oxygens (including phenoxy) is 1. The lowest BCUT2D eigenvalue weighted by molar-refractivity contribution is -0.118. The van der Waals surface area contributed by atoms with Gasteiger partial charge in [-0.1, -0.05) is 44.2 Å². The number of amides is 3. The summed E-state index contributed by atoms with van der Waals surface area (Å²) in [6, 6.07) is 12.8. The van der Waals surface area contributed by atoms with Gasteiger partial charge in [0.2, 0.25) is 15.9 Å².